The second-order valence-electron chi connectivity index (χ2n) is 20.2. The molecule has 0 aliphatic heterocycles. The third-order valence-electron chi connectivity index (χ3n) is 16.2. The van der Waals surface area contributed by atoms with Crippen molar-refractivity contribution in [2.75, 3.05) is 0 Å². The van der Waals surface area contributed by atoms with E-state index in [1.807, 2.05) is 0 Å². The zero-order valence-electron chi connectivity index (χ0n) is 41.2. The van der Waals surface area contributed by atoms with Gasteiger partial charge >= 0.3 is 0 Å². The van der Waals surface area contributed by atoms with Crippen molar-refractivity contribution in [2.24, 2.45) is 0 Å². The molecule has 0 bridgehead atoms. The lowest BCUT2D eigenvalue weighted by molar-refractivity contribution is 0.571. The summed E-state index contributed by atoms with van der Waals surface area (Å²) in [6, 6.07) is 99.6. The number of aryl methyl sites for hydroxylation is 1. The van der Waals surface area contributed by atoms with Crippen molar-refractivity contribution in [3.05, 3.63) is 323 Å². The summed E-state index contributed by atoms with van der Waals surface area (Å²) in [4.78, 5) is 0. The third-order valence-corrected chi connectivity index (χ3v) is 16.2. The van der Waals surface area contributed by atoms with Gasteiger partial charge in [0, 0.05) is 16.7 Å². The maximum absolute atomic E-state index is 6.32. The molecule has 350 valence electrons. The highest BCUT2D eigenvalue weighted by Gasteiger charge is 2.47. The van der Waals surface area contributed by atoms with E-state index in [0.29, 0.717) is 0 Å². The standard InChI is InChI=1S/C72H56O/c1-49(65(54-25-11-4-12-26-54)45-50-35-37-52(38-36-50)51-21-7-2-8-22-51)55-39-43-64-67(47-55)72(58-27-13-5-14-28-58,59-29-15-6-16-30-59)68-48-57(61-31-17-18-33-63(61)71(64)68)40-42-60(53-23-9-3-10-24-53)56-41-44-70-66(46-56)62-32-19-20-34-69(62)73-70/h2-39,41,43-44,46-49,60,65H,40,42,45H2,1H3. The van der Waals surface area contributed by atoms with Crippen molar-refractivity contribution in [1.82, 2.24) is 0 Å². The molecule has 73 heavy (non-hydrogen) atoms. The molecule has 0 saturated heterocycles. The predicted molar refractivity (Wildman–Crippen MR) is 305 cm³/mol. The summed E-state index contributed by atoms with van der Waals surface area (Å²) in [6.07, 6.45) is 2.79. The Morgan fingerprint density at radius 3 is 1.63 bits per heavy atom. The van der Waals surface area contributed by atoms with Crippen LogP contribution in [0.1, 0.15) is 86.7 Å². The summed E-state index contributed by atoms with van der Waals surface area (Å²) in [7, 11) is 0. The first-order chi connectivity index (χ1) is 36.1. The fourth-order valence-electron chi connectivity index (χ4n) is 12.6. The van der Waals surface area contributed by atoms with Crippen LogP contribution in [0.4, 0.5) is 0 Å². The van der Waals surface area contributed by atoms with Crippen LogP contribution in [0.3, 0.4) is 0 Å². The predicted octanol–water partition coefficient (Wildman–Crippen LogP) is 18.7. The zero-order chi connectivity index (χ0) is 48.7. The Kier molecular flexibility index (Phi) is 11.5. The van der Waals surface area contributed by atoms with E-state index in [4.69, 9.17) is 4.42 Å². The van der Waals surface area contributed by atoms with Gasteiger partial charge in [0.25, 0.3) is 0 Å². The number of hydrogen-bond acceptors (Lipinski definition) is 1. The van der Waals surface area contributed by atoms with Crippen LogP contribution < -0.4 is 0 Å². The van der Waals surface area contributed by atoms with Gasteiger partial charge < -0.3 is 4.42 Å². The Hall–Kier alpha value is -8.52. The SMILES string of the molecule is CC(c1ccc2c(c1)C(c1ccccc1)(c1ccccc1)c1cc(CCC(c3ccccc3)c3ccc4oc5ccccc5c4c3)c3ccccc3c1-2)C(Cc1ccc(-c2ccccc2)cc1)c1ccccc1. The van der Waals surface area contributed by atoms with Crippen molar-refractivity contribution >= 4 is 32.7 Å². The number of fused-ring (bicyclic) bond motifs is 8. The maximum atomic E-state index is 6.32. The number of hydrogen-bond donors (Lipinski definition) is 0. The highest BCUT2D eigenvalue weighted by Crippen LogP contribution is 2.59. The number of benzene rings is 11. The van der Waals surface area contributed by atoms with Gasteiger partial charge in [-0.15, -0.1) is 0 Å². The molecule has 1 aliphatic rings. The summed E-state index contributed by atoms with van der Waals surface area (Å²) in [5.41, 5.74) is 19.8. The second-order valence-corrected chi connectivity index (χ2v) is 20.2. The van der Waals surface area contributed by atoms with E-state index in [2.05, 4.69) is 274 Å². The van der Waals surface area contributed by atoms with Crippen LogP contribution in [0, 0.1) is 0 Å². The average molecular weight is 937 g/mol. The summed E-state index contributed by atoms with van der Waals surface area (Å²) in [6.45, 7) is 2.45. The van der Waals surface area contributed by atoms with Crippen LogP contribution in [0.25, 0.3) is 55.0 Å². The molecule has 0 N–H and O–H groups in total. The summed E-state index contributed by atoms with van der Waals surface area (Å²) in [5.74, 6) is 0.655. The molecular weight excluding hydrogens is 881 g/mol. The zero-order valence-corrected chi connectivity index (χ0v) is 41.2. The molecule has 1 aliphatic carbocycles. The first-order valence-corrected chi connectivity index (χ1v) is 26.1. The van der Waals surface area contributed by atoms with E-state index >= 15 is 0 Å². The van der Waals surface area contributed by atoms with Gasteiger partial charge in [0.05, 0.1) is 5.41 Å². The smallest absolute Gasteiger partial charge is 0.135 e. The monoisotopic (exact) mass is 936 g/mol. The van der Waals surface area contributed by atoms with Crippen molar-refractivity contribution in [1.29, 1.82) is 0 Å². The first kappa shape index (κ1) is 44.4. The van der Waals surface area contributed by atoms with E-state index in [1.165, 1.54) is 94.0 Å². The normalized spacial score (nSPS) is 13.9. The van der Waals surface area contributed by atoms with E-state index in [-0.39, 0.29) is 17.8 Å². The lowest BCUT2D eigenvalue weighted by Crippen LogP contribution is -2.29. The molecule has 3 unspecified atom stereocenters. The van der Waals surface area contributed by atoms with Gasteiger partial charge in [-0.05, 0) is 138 Å². The Balaban J connectivity index is 0.951. The number of rotatable bonds is 13. The largest absolute Gasteiger partial charge is 0.456 e. The van der Waals surface area contributed by atoms with Gasteiger partial charge in [-0.3, -0.25) is 0 Å². The van der Waals surface area contributed by atoms with E-state index in [9.17, 15) is 0 Å². The van der Waals surface area contributed by atoms with Crippen molar-refractivity contribution in [2.45, 2.75) is 49.4 Å². The van der Waals surface area contributed by atoms with Gasteiger partial charge in [-0.1, -0.05) is 256 Å². The van der Waals surface area contributed by atoms with Gasteiger partial charge in [-0.2, -0.15) is 0 Å². The molecule has 0 fully saturated rings. The molecular formula is C72H56O. The number of para-hydroxylation sites is 1. The number of furan rings is 1. The third kappa shape index (κ3) is 7.88. The summed E-state index contributed by atoms with van der Waals surface area (Å²) >= 11 is 0. The van der Waals surface area contributed by atoms with E-state index < -0.39 is 5.41 Å². The summed E-state index contributed by atoms with van der Waals surface area (Å²) < 4.78 is 6.32. The van der Waals surface area contributed by atoms with Crippen LogP contribution in [0.15, 0.2) is 271 Å². The molecule has 11 aromatic carbocycles. The molecule has 0 saturated carbocycles. The molecule has 3 atom stereocenters. The molecule has 12 aromatic rings. The van der Waals surface area contributed by atoms with E-state index in [0.717, 1.165) is 35.8 Å². The van der Waals surface area contributed by atoms with Crippen LogP contribution in [-0.4, -0.2) is 0 Å². The molecule has 0 radical (unpaired) electrons. The first-order valence-electron chi connectivity index (χ1n) is 26.1. The minimum atomic E-state index is -0.566. The Morgan fingerprint density at radius 2 is 0.945 bits per heavy atom. The van der Waals surface area contributed by atoms with Crippen LogP contribution in [0.2, 0.25) is 0 Å². The topological polar surface area (TPSA) is 13.1 Å². The lowest BCUT2D eigenvalue weighted by Gasteiger charge is -2.35. The Labute approximate surface area is 429 Å². The van der Waals surface area contributed by atoms with Crippen molar-refractivity contribution in [3.63, 3.8) is 0 Å². The molecule has 1 nitrogen and oxygen atoms in total. The van der Waals surface area contributed by atoms with Gasteiger partial charge in [0.15, 0.2) is 0 Å². The highest BCUT2D eigenvalue weighted by atomic mass is 16.3. The lowest BCUT2D eigenvalue weighted by atomic mass is 9.66. The fourth-order valence-corrected chi connectivity index (χ4v) is 12.6. The Morgan fingerprint density at radius 1 is 0.397 bits per heavy atom. The van der Waals surface area contributed by atoms with Crippen LogP contribution in [-0.2, 0) is 18.3 Å². The molecule has 1 aromatic heterocycles. The average Bonchev–Trinajstić information content (AvgIpc) is 3.99. The second kappa shape index (κ2) is 18.9. The van der Waals surface area contributed by atoms with Gasteiger partial charge in [0.2, 0.25) is 0 Å². The highest BCUT2D eigenvalue weighted by molar-refractivity contribution is 6.06. The molecule has 0 amide bonds. The van der Waals surface area contributed by atoms with E-state index in [1.54, 1.807) is 0 Å². The van der Waals surface area contributed by atoms with Crippen molar-refractivity contribution in [3.8, 4) is 22.3 Å². The molecule has 1 heterocycles. The summed E-state index contributed by atoms with van der Waals surface area (Å²) in [5, 5.41) is 4.98. The van der Waals surface area contributed by atoms with Crippen LogP contribution in [0.5, 0.6) is 0 Å². The maximum Gasteiger partial charge on any atom is 0.135 e. The van der Waals surface area contributed by atoms with Crippen LogP contribution >= 0.6 is 0 Å². The minimum absolute atomic E-state index is 0.180. The molecule has 0 spiro atoms. The van der Waals surface area contributed by atoms with Crippen molar-refractivity contribution < 1.29 is 4.42 Å². The Bertz CT molecular complexity index is 3830. The van der Waals surface area contributed by atoms with Gasteiger partial charge in [0.1, 0.15) is 11.2 Å². The quantitative estimate of drug-likeness (QED) is 0.112. The molecule has 1 heteroatoms. The minimum Gasteiger partial charge on any atom is -0.456 e. The fraction of sp³-hybridized carbons (Fsp3) is 0.111. The molecule has 13 rings (SSSR count). The van der Waals surface area contributed by atoms with Gasteiger partial charge in [-0.25, -0.2) is 0 Å².